The SMILES string of the molecule is CC(C)(C)CC(=O)CCCC(N)=O. The molecule has 0 bridgehead atoms. The Kier molecular flexibility index (Phi) is 4.67. The first-order valence-electron chi connectivity index (χ1n) is 4.61. The number of ketones is 1. The molecule has 3 heteroatoms. The highest BCUT2D eigenvalue weighted by Crippen LogP contribution is 2.20. The normalized spacial score (nSPS) is 11.3. The maximum Gasteiger partial charge on any atom is 0.217 e. The van der Waals surface area contributed by atoms with Crippen LogP contribution in [0, 0.1) is 5.41 Å². The third-order valence-corrected chi connectivity index (χ3v) is 1.61. The Labute approximate surface area is 79.7 Å². The van der Waals surface area contributed by atoms with E-state index in [9.17, 15) is 9.59 Å². The molecule has 0 aliphatic carbocycles. The van der Waals surface area contributed by atoms with Gasteiger partial charge in [0.2, 0.25) is 5.91 Å². The van der Waals surface area contributed by atoms with Crippen LogP contribution in [0.25, 0.3) is 0 Å². The van der Waals surface area contributed by atoms with Gasteiger partial charge in [0.15, 0.2) is 0 Å². The lowest BCUT2D eigenvalue weighted by Crippen LogP contribution is -2.14. The molecule has 0 unspecified atom stereocenters. The van der Waals surface area contributed by atoms with Crippen LogP contribution in [0.2, 0.25) is 0 Å². The van der Waals surface area contributed by atoms with Gasteiger partial charge in [-0.15, -0.1) is 0 Å². The molecule has 0 heterocycles. The van der Waals surface area contributed by atoms with Gasteiger partial charge < -0.3 is 5.73 Å². The number of primary amides is 1. The van der Waals surface area contributed by atoms with Crippen LogP contribution in [0.1, 0.15) is 46.5 Å². The summed E-state index contributed by atoms with van der Waals surface area (Å²) in [5.74, 6) is -0.114. The molecular weight excluding hydrogens is 166 g/mol. The zero-order chi connectivity index (χ0) is 10.5. The molecule has 76 valence electrons. The van der Waals surface area contributed by atoms with Gasteiger partial charge in [-0.05, 0) is 11.8 Å². The molecule has 0 aliphatic rings. The van der Waals surface area contributed by atoms with E-state index in [0.717, 1.165) is 0 Å². The van der Waals surface area contributed by atoms with Gasteiger partial charge >= 0.3 is 0 Å². The number of nitrogens with two attached hydrogens (primary N) is 1. The molecule has 0 fully saturated rings. The van der Waals surface area contributed by atoms with Gasteiger partial charge in [0.1, 0.15) is 5.78 Å². The second-order valence-corrected chi connectivity index (χ2v) is 4.60. The van der Waals surface area contributed by atoms with Gasteiger partial charge in [0.25, 0.3) is 0 Å². The Bertz CT molecular complexity index is 192. The van der Waals surface area contributed by atoms with Gasteiger partial charge in [0.05, 0.1) is 0 Å². The van der Waals surface area contributed by atoms with Gasteiger partial charge in [0, 0.05) is 19.3 Å². The molecule has 0 aromatic rings. The van der Waals surface area contributed by atoms with Crippen molar-refractivity contribution in [3.05, 3.63) is 0 Å². The smallest absolute Gasteiger partial charge is 0.217 e. The number of carbonyl (C=O) groups is 2. The fourth-order valence-electron chi connectivity index (χ4n) is 1.14. The first-order chi connectivity index (χ1) is 5.81. The Balaban J connectivity index is 3.59. The Hall–Kier alpha value is -0.860. The summed E-state index contributed by atoms with van der Waals surface area (Å²) in [6.45, 7) is 6.08. The lowest BCUT2D eigenvalue weighted by atomic mass is 9.88. The van der Waals surface area contributed by atoms with Crippen molar-refractivity contribution in [2.75, 3.05) is 0 Å². The van der Waals surface area contributed by atoms with Crippen molar-refractivity contribution < 1.29 is 9.59 Å². The van der Waals surface area contributed by atoms with E-state index in [1.165, 1.54) is 0 Å². The molecule has 13 heavy (non-hydrogen) atoms. The molecule has 0 saturated carbocycles. The molecule has 0 aromatic heterocycles. The number of carbonyl (C=O) groups excluding carboxylic acids is 2. The number of hydrogen-bond donors (Lipinski definition) is 1. The maximum absolute atomic E-state index is 11.3. The Morgan fingerprint density at radius 1 is 1.15 bits per heavy atom. The molecule has 0 atom stereocenters. The third-order valence-electron chi connectivity index (χ3n) is 1.61. The predicted octanol–water partition coefficient (Wildman–Crippen LogP) is 1.65. The van der Waals surface area contributed by atoms with Gasteiger partial charge in [-0.2, -0.15) is 0 Å². The van der Waals surface area contributed by atoms with Gasteiger partial charge in [-0.3, -0.25) is 9.59 Å². The lowest BCUT2D eigenvalue weighted by Gasteiger charge is -2.16. The summed E-state index contributed by atoms with van der Waals surface area (Å²) in [6.07, 6.45) is 1.95. The van der Waals surface area contributed by atoms with E-state index in [-0.39, 0.29) is 17.1 Å². The van der Waals surface area contributed by atoms with E-state index in [1.54, 1.807) is 0 Å². The Morgan fingerprint density at radius 2 is 1.69 bits per heavy atom. The molecular formula is C10H19NO2. The first kappa shape index (κ1) is 12.1. The van der Waals surface area contributed by atoms with Crippen LogP contribution >= 0.6 is 0 Å². The number of amides is 1. The number of rotatable bonds is 5. The summed E-state index contributed by atoms with van der Waals surface area (Å²) in [5, 5.41) is 0. The van der Waals surface area contributed by atoms with Crippen LogP contribution in [0.4, 0.5) is 0 Å². The van der Waals surface area contributed by atoms with Crippen molar-refractivity contribution in [1.29, 1.82) is 0 Å². The van der Waals surface area contributed by atoms with E-state index < -0.39 is 0 Å². The monoisotopic (exact) mass is 185 g/mol. The van der Waals surface area contributed by atoms with Crippen molar-refractivity contribution in [3.8, 4) is 0 Å². The van der Waals surface area contributed by atoms with Crippen LogP contribution in [-0.4, -0.2) is 11.7 Å². The van der Waals surface area contributed by atoms with E-state index in [0.29, 0.717) is 25.7 Å². The van der Waals surface area contributed by atoms with Crippen molar-refractivity contribution in [1.82, 2.24) is 0 Å². The molecule has 1 amide bonds. The maximum atomic E-state index is 11.3. The van der Waals surface area contributed by atoms with Gasteiger partial charge in [-0.1, -0.05) is 20.8 Å². The Morgan fingerprint density at radius 3 is 2.08 bits per heavy atom. The first-order valence-corrected chi connectivity index (χ1v) is 4.61. The van der Waals surface area contributed by atoms with Crippen molar-refractivity contribution in [2.24, 2.45) is 11.1 Å². The lowest BCUT2D eigenvalue weighted by molar-refractivity contribution is -0.121. The zero-order valence-corrected chi connectivity index (χ0v) is 8.72. The largest absolute Gasteiger partial charge is 0.370 e. The average Bonchev–Trinajstić information content (AvgIpc) is 1.81. The van der Waals surface area contributed by atoms with Crippen LogP contribution in [0.3, 0.4) is 0 Å². The highest BCUT2D eigenvalue weighted by Gasteiger charge is 2.15. The third kappa shape index (κ3) is 9.05. The van der Waals surface area contributed by atoms with Crippen LogP contribution < -0.4 is 5.73 Å². The van der Waals surface area contributed by atoms with Crippen LogP contribution in [-0.2, 0) is 9.59 Å². The standard InChI is InChI=1S/C10H19NO2/c1-10(2,3)7-8(12)5-4-6-9(11)13/h4-7H2,1-3H3,(H2,11,13). The summed E-state index contributed by atoms with van der Waals surface area (Å²) in [6, 6.07) is 0. The highest BCUT2D eigenvalue weighted by atomic mass is 16.1. The zero-order valence-electron chi connectivity index (χ0n) is 8.72. The molecule has 0 aromatic carbocycles. The summed E-state index contributed by atoms with van der Waals surface area (Å²) in [4.78, 5) is 21.7. The topological polar surface area (TPSA) is 60.2 Å². The van der Waals surface area contributed by atoms with Crippen LogP contribution in [0.15, 0.2) is 0 Å². The quantitative estimate of drug-likeness (QED) is 0.708. The average molecular weight is 185 g/mol. The molecule has 0 rings (SSSR count). The van der Waals surface area contributed by atoms with E-state index >= 15 is 0 Å². The van der Waals surface area contributed by atoms with E-state index in [4.69, 9.17) is 5.73 Å². The minimum absolute atomic E-state index is 0.0454. The van der Waals surface area contributed by atoms with Crippen LogP contribution in [0.5, 0.6) is 0 Å². The second kappa shape index (κ2) is 5.00. The van der Waals surface area contributed by atoms with Gasteiger partial charge in [-0.25, -0.2) is 0 Å². The van der Waals surface area contributed by atoms with Crippen molar-refractivity contribution in [2.45, 2.75) is 46.5 Å². The molecule has 3 nitrogen and oxygen atoms in total. The van der Waals surface area contributed by atoms with E-state index in [1.807, 2.05) is 20.8 Å². The molecule has 0 aliphatic heterocycles. The minimum atomic E-state index is -0.330. The summed E-state index contributed by atoms with van der Waals surface area (Å²) in [5.41, 5.74) is 5.00. The summed E-state index contributed by atoms with van der Waals surface area (Å²) >= 11 is 0. The van der Waals surface area contributed by atoms with Crippen molar-refractivity contribution >= 4 is 11.7 Å². The fourth-order valence-corrected chi connectivity index (χ4v) is 1.14. The summed E-state index contributed by atoms with van der Waals surface area (Å²) < 4.78 is 0. The molecule has 2 N–H and O–H groups in total. The number of hydrogen-bond acceptors (Lipinski definition) is 2. The molecule has 0 radical (unpaired) electrons. The van der Waals surface area contributed by atoms with Crippen molar-refractivity contribution in [3.63, 3.8) is 0 Å². The summed E-state index contributed by atoms with van der Waals surface area (Å²) in [7, 11) is 0. The highest BCUT2D eigenvalue weighted by molar-refractivity contribution is 5.80. The predicted molar refractivity (Wildman–Crippen MR) is 52.1 cm³/mol. The minimum Gasteiger partial charge on any atom is -0.370 e. The fraction of sp³-hybridized carbons (Fsp3) is 0.800. The second-order valence-electron chi connectivity index (χ2n) is 4.60. The van der Waals surface area contributed by atoms with E-state index in [2.05, 4.69) is 0 Å². The molecule has 0 spiro atoms. The molecule has 0 saturated heterocycles. The number of Topliss-reactive ketones (excluding diaryl/α,β-unsaturated/α-hetero) is 1.